The maximum Gasteiger partial charge on any atom is 0.233 e. The lowest BCUT2D eigenvalue weighted by molar-refractivity contribution is -0.123. The fraction of sp³-hybridized carbons (Fsp3) is 0.176. The van der Waals surface area contributed by atoms with Crippen molar-refractivity contribution in [3.05, 3.63) is 47.5 Å². The van der Waals surface area contributed by atoms with E-state index in [1.807, 2.05) is 0 Å². The number of amides is 2. The molecule has 0 aliphatic heterocycles. The van der Waals surface area contributed by atoms with E-state index in [9.17, 15) is 9.59 Å². The molecule has 0 fully saturated rings. The van der Waals surface area contributed by atoms with E-state index in [0.29, 0.717) is 27.9 Å². The molecule has 0 saturated carbocycles. The molecule has 2 aromatic carbocycles. The molecule has 7 heteroatoms. The van der Waals surface area contributed by atoms with Gasteiger partial charge >= 0.3 is 0 Å². The molecule has 0 aliphatic carbocycles. The van der Waals surface area contributed by atoms with Gasteiger partial charge in [-0.25, -0.2) is 0 Å². The fourth-order valence-electron chi connectivity index (χ4n) is 1.97. The minimum absolute atomic E-state index is 0.310. The SMILES string of the molecule is COc1ccc(NC(=O)CC(=O)Nc2ccc(OC)c(Cl)c2)cc1. The van der Waals surface area contributed by atoms with Crippen molar-refractivity contribution in [2.24, 2.45) is 0 Å². The number of hydrogen-bond donors (Lipinski definition) is 2. The number of carbonyl (C=O) groups is 2. The monoisotopic (exact) mass is 348 g/mol. The largest absolute Gasteiger partial charge is 0.497 e. The molecule has 6 nitrogen and oxygen atoms in total. The maximum absolute atomic E-state index is 11.9. The summed E-state index contributed by atoms with van der Waals surface area (Å²) in [6.45, 7) is 0. The number of anilines is 2. The molecule has 2 amide bonds. The Bertz CT molecular complexity index is 732. The highest BCUT2D eigenvalue weighted by Crippen LogP contribution is 2.27. The van der Waals surface area contributed by atoms with Gasteiger partial charge in [0, 0.05) is 11.4 Å². The third kappa shape index (κ3) is 4.89. The van der Waals surface area contributed by atoms with E-state index in [2.05, 4.69) is 10.6 Å². The molecular weight excluding hydrogens is 332 g/mol. The van der Waals surface area contributed by atoms with Crippen LogP contribution in [-0.4, -0.2) is 26.0 Å². The third-order valence-electron chi connectivity index (χ3n) is 3.13. The molecule has 0 heterocycles. The van der Waals surface area contributed by atoms with Crippen LogP contribution in [0, 0.1) is 0 Å². The summed E-state index contributed by atoms with van der Waals surface area (Å²) in [7, 11) is 3.06. The summed E-state index contributed by atoms with van der Waals surface area (Å²) in [5, 5.41) is 5.62. The number of nitrogens with one attached hydrogen (secondary N) is 2. The van der Waals surface area contributed by atoms with Gasteiger partial charge in [0.2, 0.25) is 11.8 Å². The topological polar surface area (TPSA) is 76.7 Å². The van der Waals surface area contributed by atoms with Crippen LogP contribution in [0.2, 0.25) is 5.02 Å². The predicted octanol–water partition coefficient (Wildman–Crippen LogP) is 3.32. The van der Waals surface area contributed by atoms with Gasteiger partial charge in [-0.05, 0) is 42.5 Å². The zero-order chi connectivity index (χ0) is 17.5. The second-order valence-corrected chi connectivity index (χ2v) is 5.26. The van der Waals surface area contributed by atoms with Crippen molar-refractivity contribution in [3.8, 4) is 11.5 Å². The summed E-state index contributed by atoms with van der Waals surface area (Å²) in [6.07, 6.45) is -0.310. The molecule has 2 aromatic rings. The van der Waals surface area contributed by atoms with Gasteiger partial charge < -0.3 is 20.1 Å². The molecule has 0 aromatic heterocycles. The molecule has 2 rings (SSSR count). The van der Waals surface area contributed by atoms with E-state index >= 15 is 0 Å². The van der Waals surface area contributed by atoms with Crippen molar-refractivity contribution in [1.82, 2.24) is 0 Å². The summed E-state index contributed by atoms with van der Waals surface area (Å²) in [6, 6.07) is 11.7. The second kappa shape index (κ2) is 8.21. The normalized spacial score (nSPS) is 9.96. The number of ether oxygens (including phenoxy) is 2. The molecule has 0 radical (unpaired) electrons. The molecule has 0 unspecified atom stereocenters. The lowest BCUT2D eigenvalue weighted by Gasteiger charge is -2.09. The van der Waals surface area contributed by atoms with Crippen LogP contribution in [0.15, 0.2) is 42.5 Å². The zero-order valence-electron chi connectivity index (χ0n) is 13.3. The van der Waals surface area contributed by atoms with E-state index in [1.165, 1.54) is 7.11 Å². The number of benzene rings is 2. The quantitative estimate of drug-likeness (QED) is 0.785. The number of carbonyl (C=O) groups excluding carboxylic acids is 2. The first kappa shape index (κ1) is 17.6. The first-order chi connectivity index (χ1) is 11.5. The summed E-state index contributed by atoms with van der Waals surface area (Å²) in [4.78, 5) is 23.8. The van der Waals surface area contributed by atoms with Crippen LogP contribution in [0.3, 0.4) is 0 Å². The molecule has 2 N–H and O–H groups in total. The fourth-order valence-corrected chi connectivity index (χ4v) is 2.23. The van der Waals surface area contributed by atoms with Crippen LogP contribution in [0.1, 0.15) is 6.42 Å². The first-order valence-electron chi connectivity index (χ1n) is 7.09. The van der Waals surface area contributed by atoms with Crippen LogP contribution >= 0.6 is 11.6 Å². The van der Waals surface area contributed by atoms with Crippen LogP contribution in [0.5, 0.6) is 11.5 Å². The molecule has 0 spiro atoms. The molecule has 0 saturated heterocycles. The number of halogens is 1. The Morgan fingerprint density at radius 1 is 0.917 bits per heavy atom. The summed E-state index contributed by atoms with van der Waals surface area (Å²) < 4.78 is 10.1. The van der Waals surface area contributed by atoms with E-state index in [0.717, 1.165) is 0 Å². The lowest BCUT2D eigenvalue weighted by atomic mass is 10.2. The second-order valence-electron chi connectivity index (χ2n) is 4.85. The molecule has 0 aliphatic rings. The molecule has 0 atom stereocenters. The van der Waals surface area contributed by atoms with Gasteiger partial charge in [0.25, 0.3) is 0 Å². The van der Waals surface area contributed by atoms with Crippen LogP contribution < -0.4 is 20.1 Å². The molecule has 0 bridgehead atoms. The van der Waals surface area contributed by atoms with Gasteiger partial charge in [-0.2, -0.15) is 0 Å². The number of methoxy groups -OCH3 is 2. The van der Waals surface area contributed by atoms with E-state index < -0.39 is 11.8 Å². The summed E-state index contributed by atoms with van der Waals surface area (Å²) in [5.74, 6) is 0.327. The van der Waals surface area contributed by atoms with Gasteiger partial charge in [0.1, 0.15) is 17.9 Å². The van der Waals surface area contributed by atoms with Crippen molar-refractivity contribution < 1.29 is 19.1 Å². The van der Waals surface area contributed by atoms with Crippen LogP contribution in [-0.2, 0) is 9.59 Å². The Hall–Kier alpha value is -2.73. The van der Waals surface area contributed by atoms with Gasteiger partial charge in [-0.15, -0.1) is 0 Å². The van der Waals surface area contributed by atoms with Crippen LogP contribution in [0.25, 0.3) is 0 Å². The maximum atomic E-state index is 11.9. The highest BCUT2D eigenvalue weighted by atomic mass is 35.5. The number of hydrogen-bond acceptors (Lipinski definition) is 4. The van der Waals surface area contributed by atoms with E-state index in [-0.39, 0.29) is 6.42 Å². The third-order valence-corrected chi connectivity index (χ3v) is 3.43. The van der Waals surface area contributed by atoms with Crippen molar-refractivity contribution in [2.45, 2.75) is 6.42 Å². The number of rotatable bonds is 6. The van der Waals surface area contributed by atoms with Crippen molar-refractivity contribution in [3.63, 3.8) is 0 Å². The smallest absolute Gasteiger partial charge is 0.233 e. The molecule has 126 valence electrons. The Labute approximate surface area is 144 Å². The predicted molar refractivity (Wildman–Crippen MR) is 92.9 cm³/mol. The van der Waals surface area contributed by atoms with Gasteiger partial charge in [-0.1, -0.05) is 11.6 Å². The zero-order valence-corrected chi connectivity index (χ0v) is 14.0. The minimum Gasteiger partial charge on any atom is -0.497 e. The van der Waals surface area contributed by atoms with Crippen molar-refractivity contribution >= 4 is 34.8 Å². The molecular formula is C17H17ClN2O4. The van der Waals surface area contributed by atoms with Crippen molar-refractivity contribution in [1.29, 1.82) is 0 Å². The first-order valence-corrected chi connectivity index (χ1v) is 7.47. The minimum atomic E-state index is -0.442. The van der Waals surface area contributed by atoms with Crippen LogP contribution in [0.4, 0.5) is 11.4 Å². The van der Waals surface area contributed by atoms with Gasteiger partial charge in [-0.3, -0.25) is 9.59 Å². The average molecular weight is 349 g/mol. The Morgan fingerprint density at radius 2 is 1.50 bits per heavy atom. The summed E-state index contributed by atoms with van der Waals surface area (Å²) in [5.41, 5.74) is 1.07. The standard InChI is InChI=1S/C17H17ClN2O4/c1-23-13-6-3-11(4-7-13)19-16(21)10-17(22)20-12-5-8-15(24-2)14(18)9-12/h3-9H,10H2,1-2H3,(H,19,21)(H,20,22). The molecule has 24 heavy (non-hydrogen) atoms. The Morgan fingerprint density at radius 3 is 2.04 bits per heavy atom. The van der Waals surface area contributed by atoms with E-state index in [1.54, 1.807) is 49.6 Å². The summed E-state index contributed by atoms with van der Waals surface area (Å²) >= 11 is 5.98. The van der Waals surface area contributed by atoms with Crippen molar-refractivity contribution in [2.75, 3.05) is 24.9 Å². The lowest BCUT2D eigenvalue weighted by Crippen LogP contribution is -2.21. The van der Waals surface area contributed by atoms with Gasteiger partial charge in [0.05, 0.1) is 19.2 Å². The average Bonchev–Trinajstić information content (AvgIpc) is 2.55. The van der Waals surface area contributed by atoms with Gasteiger partial charge in [0.15, 0.2) is 0 Å². The Kier molecular flexibility index (Phi) is 6.03. The highest BCUT2D eigenvalue weighted by Gasteiger charge is 2.11. The highest BCUT2D eigenvalue weighted by molar-refractivity contribution is 6.32. The van der Waals surface area contributed by atoms with E-state index in [4.69, 9.17) is 21.1 Å². The Balaban J connectivity index is 1.89.